The fourth-order valence-corrected chi connectivity index (χ4v) is 4.49. The first-order valence-electron chi connectivity index (χ1n) is 10.9. The molecule has 2 heterocycles. The lowest BCUT2D eigenvalue weighted by atomic mass is 9.71. The highest BCUT2D eigenvalue weighted by Gasteiger charge is 2.40. The van der Waals surface area contributed by atoms with Gasteiger partial charge in [-0.1, -0.05) is 19.9 Å². The van der Waals surface area contributed by atoms with Crippen molar-refractivity contribution in [1.82, 2.24) is 9.97 Å². The van der Waals surface area contributed by atoms with Crippen LogP contribution in [0.2, 0.25) is 0 Å². The predicted molar refractivity (Wildman–Crippen MR) is 119 cm³/mol. The summed E-state index contributed by atoms with van der Waals surface area (Å²) < 4.78 is 13.4. The van der Waals surface area contributed by atoms with Crippen molar-refractivity contribution in [2.24, 2.45) is 5.41 Å². The summed E-state index contributed by atoms with van der Waals surface area (Å²) in [6.45, 7) is 4.45. The second-order valence-corrected chi connectivity index (χ2v) is 9.02. The van der Waals surface area contributed by atoms with Gasteiger partial charge in [0.15, 0.2) is 0 Å². The highest BCUT2D eigenvalue weighted by atomic mass is 19.1. The average Bonchev–Trinajstić information content (AvgIpc) is 3.06. The number of aromatic nitrogens is 2. The number of hydrogen-bond donors (Lipinski definition) is 4. The lowest BCUT2D eigenvalue weighted by molar-refractivity contribution is -0.117. The van der Waals surface area contributed by atoms with Crippen LogP contribution in [0, 0.1) is 22.6 Å². The Kier molecular flexibility index (Phi) is 5.98. The molecule has 2 aromatic rings. The van der Waals surface area contributed by atoms with Gasteiger partial charge >= 0.3 is 0 Å². The molecule has 1 aliphatic carbocycles. The number of fused-ring (bicyclic) bond motifs is 1. The highest BCUT2D eigenvalue weighted by Crippen LogP contribution is 2.38. The Hall–Kier alpha value is -3.25. The monoisotopic (exact) mass is 438 g/mol. The number of benzene rings is 1. The topological polar surface area (TPSA) is 123 Å². The normalized spacial score (nSPS) is 23.7. The van der Waals surface area contributed by atoms with Crippen molar-refractivity contribution in [2.75, 3.05) is 22.5 Å². The van der Waals surface area contributed by atoms with Crippen LogP contribution in [-0.4, -0.2) is 39.7 Å². The fraction of sp³-hybridized carbons (Fsp3) is 0.478. The summed E-state index contributed by atoms with van der Waals surface area (Å²) in [5.41, 5.74) is 1.27. The van der Waals surface area contributed by atoms with Crippen molar-refractivity contribution in [3.63, 3.8) is 0 Å². The van der Waals surface area contributed by atoms with Crippen molar-refractivity contribution in [3.8, 4) is 6.07 Å². The second-order valence-electron chi connectivity index (χ2n) is 9.02. The van der Waals surface area contributed by atoms with Crippen LogP contribution in [-0.2, 0) is 4.79 Å². The minimum atomic E-state index is -0.423. The van der Waals surface area contributed by atoms with Gasteiger partial charge in [-0.25, -0.2) is 9.37 Å². The number of nitriles is 1. The van der Waals surface area contributed by atoms with Crippen LogP contribution >= 0.6 is 0 Å². The first-order chi connectivity index (χ1) is 15.3. The SMILES string of the molecule is CC1(C)C(O)CCC[C@@H]1Nc1nc(NCCC2C(=O)Nc3cc(F)ccc32)ncc1C#N. The first-order valence-corrected chi connectivity index (χ1v) is 10.9. The molecule has 4 rings (SSSR count). The number of halogens is 1. The van der Waals surface area contributed by atoms with Gasteiger partial charge in [0, 0.05) is 23.7 Å². The molecular formula is C23H27FN6O2. The van der Waals surface area contributed by atoms with E-state index in [1.165, 1.54) is 18.3 Å². The Labute approximate surface area is 186 Å². The van der Waals surface area contributed by atoms with Gasteiger partial charge in [0.05, 0.1) is 18.2 Å². The quantitative estimate of drug-likeness (QED) is 0.545. The van der Waals surface area contributed by atoms with Gasteiger partial charge in [-0.2, -0.15) is 10.2 Å². The second kappa shape index (κ2) is 8.71. The van der Waals surface area contributed by atoms with Crippen molar-refractivity contribution in [3.05, 3.63) is 41.3 Å². The molecule has 8 nitrogen and oxygen atoms in total. The van der Waals surface area contributed by atoms with Crippen LogP contribution in [0.3, 0.4) is 0 Å². The summed E-state index contributed by atoms with van der Waals surface area (Å²) >= 11 is 0. The number of nitrogens with one attached hydrogen (secondary N) is 3. The number of amides is 1. The van der Waals surface area contributed by atoms with E-state index in [0.717, 1.165) is 24.8 Å². The van der Waals surface area contributed by atoms with Gasteiger partial charge in [-0.05, 0) is 43.4 Å². The van der Waals surface area contributed by atoms with Crippen LogP contribution < -0.4 is 16.0 Å². The third kappa shape index (κ3) is 4.23. The molecule has 0 radical (unpaired) electrons. The highest BCUT2D eigenvalue weighted by molar-refractivity contribution is 6.02. The number of aliphatic hydroxyl groups excluding tert-OH is 1. The number of carbonyl (C=O) groups excluding carboxylic acids is 1. The maximum atomic E-state index is 13.4. The van der Waals surface area contributed by atoms with E-state index < -0.39 is 6.10 Å². The largest absolute Gasteiger partial charge is 0.392 e. The number of nitrogens with zero attached hydrogens (tertiary/aromatic N) is 3. The molecule has 0 spiro atoms. The summed E-state index contributed by atoms with van der Waals surface area (Å²) in [5, 5.41) is 29.0. The molecule has 1 amide bonds. The van der Waals surface area contributed by atoms with E-state index in [2.05, 4.69) is 32.0 Å². The van der Waals surface area contributed by atoms with E-state index in [9.17, 15) is 19.6 Å². The zero-order valence-corrected chi connectivity index (χ0v) is 18.2. The molecule has 1 aromatic heterocycles. The smallest absolute Gasteiger partial charge is 0.232 e. The van der Waals surface area contributed by atoms with Gasteiger partial charge in [0.25, 0.3) is 0 Å². The standard InChI is InChI=1S/C23H27FN6O2/c1-23(2)18(4-3-5-19(23)31)29-20-13(11-25)12-27-22(30-20)26-9-8-16-15-7-6-14(24)10-17(15)28-21(16)32/h6-7,10,12,16,18-19,31H,3-5,8-9H2,1-2H3,(H,28,32)(H2,26,27,29,30)/t16?,18-,19?/m0/s1. The zero-order valence-electron chi connectivity index (χ0n) is 18.2. The molecule has 1 aromatic carbocycles. The van der Waals surface area contributed by atoms with Gasteiger partial charge < -0.3 is 21.1 Å². The lowest BCUT2D eigenvalue weighted by Crippen LogP contribution is -2.48. The summed E-state index contributed by atoms with van der Waals surface area (Å²) in [7, 11) is 0. The van der Waals surface area contributed by atoms with Crippen molar-refractivity contribution < 1.29 is 14.3 Å². The zero-order chi connectivity index (χ0) is 22.9. The molecule has 0 bridgehead atoms. The van der Waals surface area contributed by atoms with E-state index >= 15 is 0 Å². The fourth-order valence-electron chi connectivity index (χ4n) is 4.49. The maximum absolute atomic E-state index is 13.4. The van der Waals surface area contributed by atoms with Crippen molar-refractivity contribution in [2.45, 2.75) is 57.6 Å². The van der Waals surface area contributed by atoms with Crippen molar-refractivity contribution in [1.29, 1.82) is 5.26 Å². The Bertz CT molecular complexity index is 1070. The van der Waals surface area contributed by atoms with Crippen LogP contribution in [0.1, 0.15) is 56.6 Å². The van der Waals surface area contributed by atoms with Gasteiger partial charge in [-0.3, -0.25) is 4.79 Å². The Morgan fingerprint density at radius 1 is 1.38 bits per heavy atom. The molecule has 0 saturated heterocycles. The molecule has 32 heavy (non-hydrogen) atoms. The minimum Gasteiger partial charge on any atom is -0.392 e. The van der Waals surface area contributed by atoms with Gasteiger partial charge in [0.1, 0.15) is 23.3 Å². The molecule has 9 heteroatoms. The lowest BCUT2D eigenvalue weighted by Gasteiger charge is -2.43. The third-order valence-corrected chi connectivity index (χ3v) is 6.63. The van der Waals surface area contributed by atoms with Crippen LogP contribution in [0.5, 0.6) is 0 Å². The molecule has 168 valence electrons. The summed E-state index contributed by atoms with van der Waals surface area (Å²) in [6, 6.07) is 6.39. The molecule has 4 N–H and O–H groups in total. The Balaban J connectivity index is 1.43. The summed E-state index contributed by atoms with van der Waals surface area (Å²) in [5.74, 6) is -0.148. The summed E-state index contributed by atoms with van der Waals surface area (Å²) in [6.07, 6.45) is 4.06. The van der Waals surface area contributed by atoms with Crippen molar-refractivity contribution >= 4 is 23.4 Å². The maximum Gasteiger partial charge on any atom is 0.232 e. The number of rotatable bonds is 6. The number of hydrogen-bond acceptors (Lipinski definition) is 7. The number of anilines is 3. The van der Waals surface area contributed by atoms with Crippen LogP contribution in [0.4, 0.5) is 21.8 Å². The summed E-state index contributed by atoms with van der Waals surface area (Å²) in [4.78, 5) is 21.0. The van der Waals surface area contributed by atoms with E-state index in [1.54, 1.807) is 6.07 Å². The Morgan fingerprint density at radius 2 is 2.19 bits per heavy atom. The van der Waals surface area contributed by atoms with E-state index in [1.807, 2.05) is 13.8 Å². The first kappa shape index (κ1) is 22.0. The van der Waals surface area contributed by atoms with Gasteiger partial charge in [-0.15, -0.1) is 0 Å². The molecule has 1 aliphatic heterocycles. The molecular weight excluding hydrogens is 411 g/mol. The van der Waals surface area contributed by atoms with Gasteiger partial charge in [0.2, 0.25) is 11.9 Å². The molecule has 2 unspecified atom stereocenters. The molecule has 3 atom stereocenters. The molecule has 2 aliphatic rings. The average molecular weight is 439 g/mol. The molecule has 1 saturated carbocycles. The van der Waals surface area contributed by atoms with E-state index in [4.69, 9.17) is 0 Å². The third-order valence-electron chi connectivity index (χ3n) is 6.63. The number of carbonyl (C=O) groups is 1. The van der Waals surface area contributed by atoms with E-state index in [-0.39, 0.29) is 29.1 Å². The minimum absolute atomic E-state index is 0.0276. The van der Waals surface area contributed by atoms with Crippen LogP contribution in [0.25, 0.3) is 0 Å². The molecule has 1 fully saturated rings. The predicted octanol–water partition coefficient (Wildman–Crippen LogP) is 3.38. The Morgan fingerprint density at radius 3 is 2.97 bits per heavy atom. The number of aliphatic hydroxyl groups is 1. The van der Waals surface area contributed by atoms with E-state index in [0.29, 0.717) is 36.0 Å². The van der Waals surface area contributed by atoms with Crippen LogP contribution in [0.15, 0.2) is 24.4 Å².